The van der Waals surface area contributed by atoms with E-state index in [-0.39, 0.29) is 23.5 Å². The van der Waals surface area contributed by atoms with E-state index in [2.05, 4.69) is 15.8 Å². The number of piperidine rings is 1. The Labute approximate surface area is 163 Å². The number of aromatic carboxylic acids is 1. The molecule has 28 heavy (non-hydrogen) atoms. The molecule has 1 fully saturated rings. The fourth-order valence-corrected chi connectivity index (χ4v) is 3.74. The maximum absolute atomic E-state index is 12.5. The van der Waals surface area contributed by atoms with Gasteiger partial charge in [-0.15, -0.1) is 0 Å². The summed E-state index contributed by atoms with van der Waals surface area (Å²) in [4.78, 5) is 23.3. The minimum Gasteiger partial charge on any atom is -0.541 e. The molecule has 0 aliphatic carbocycles. The molecule has 8 nitrogen and oxygen atoms in total. The highest BCUT2D eigenvalue weighted by Crippen LogP contribution is 2.25. The van der Waals surface area contributed by atoms with Crippen LogP contribution < -0.4 is 20.5 Å². The highest BCUT2D eigenvalue weighted by molar-refractivity contribution is 5.82. The fraction of sp³-hybridized carbons (Fsp3) is 0.450. The number of para-hydroxylation sites is 1. The fourth-order valence-electron chi connectivity index (χ4n) is 3.74. The molecule has 3 N–H and O–H groups in total. The van der Waals surface area contributed by atoms with Crippen molar-refractivity contribution in [3.8, 4) is 5.75 Å². The zero-order valence-corrected chi connectivity index (χ0v) is 15.8. The molecular formula is C20H25N3O5. The molecule has 0 unspecified atom stereocenters. The van der Waals surface area contributed by atoms with Gasteiger partial charge in [0.25, 0.3) is 0 Å². The zero-order chi connectivity index (χ0) is 19.9. The quantitative estimate of drug-likeness (QED) is 0.630. The van der Waals surface area contributed by atoms with Crippen molar-refractivity contribution in [2.45, 2.75) is 25.8 Å². The lowest BCUT2D eigenvalue weighted by molar-refractivity contribution is -0.672. The monoisotopic (exact) mass is 387 g/mol. The van der Waals surface area contributed by atoms with Crippen molar-refractivity contribution >= 4 is 11.9 Å². The van der Waals surface area contributed by atoms with E-state index in [9.17, 15) is 14.7 Å². The molecule has 2 aromatic rings. The van der Waals surface area contributed by atoms with E-state index in [1.165, 1.54) is 6.07 Å². The van der Waals surface area contributed by atoms with Gasteiger partial charge in [0.1, 0.15) is 11.7 Å². The molecule has 1 amide bonds. The molecule has 1 saturated heterocycles. The van der Waals surface area contributed by atoms with Gasteiger partial charge in [-0.05, 0) is 12.0 Å². The van der Waals surface area contributed by atoms with Crippen LogP contribution in [0.2, 0.25) is 0 Å². The summed E-state index contributed by atoms with van der Waals surface area (Å²) in [6, 6.07) is 9.01. The minimum absolute atomic E-state index is 0.00150. The second-order valence-electron chi connectivity index (χ2n) is 7.09. The van der Waals surface area contributed by atoms with E-state index < -0.39 is 5.97 Å². The standard InChI is InChI=1S/C20H25N3O5/c1-27-17-5-3-2-4-14(17)12-22-19(24)9-13-6-7-21-11-15(13)8-16-10-18(20(25)26)28-23-16/h2-5,10,13,15,21H,6-9,11-12H2,1H3,(H,22,24)(H,25,26)/t13-,15-/m0/s1. The average Bonchev–Trinajstić information content (AvgIpc) is 3.17. The number of aromatic nitrogens is 1. The second kappa shape index (κ2) is 9.36. The third-order valence-corrected chi connectivity index (χ3v) is 5.23. The summed E-state index contributed by atoms with van der Waals surface area (Å²) < 4.78 is 10.1. The van der Waals surface area contributed by atoms with Crippen LogP contribution in [0, 0.1) is 11.8 Å². The van der Waals surface area contributed by atoms with Crippen LogP contribution in [0.1, 0.15) is 34.7 Å². The van der Waals surface area contributed by atoms with Crippen LogP contribution in [0.4, 0.5) is 0 Å². The topological polar surface area (TPSA) is 121 Å². The number of hydrogen-bond donors (Lipinski definition) is 2. The number of nitrogens with one attached hydrogen (secondary N) is 1. The van der Waals surface area contributed by atoms with Crippen LogP contribution in [0.3, 0.4) is 0 Å². The summed E-state index contributed by atoms with van der Waals surface area (Å²) >= 11 is 0. The van der Waals surface area contributed by atoms with Gasteiger partial charge in [0.15, 0.2) is 5.76 Å². The SMILES string of the molecule is COc1ccccc1CNC(=O)C[C@@H]1CC[NH2+]C[C@@H]1Cc1cc(C(=O)[O-])on1. The average molecular weight is 387 g/mol. The first-order chi connectivity index (χ1) is 13.6. The van der Waals surface area contributed by atoms with Gasteiger partial charge in [-0.3, -0.25) is 4.79 Å². The minimum atomic E-state index is -1.37. The van der Waals surface area contributed by atoms with Crippen molar-refractivity contribution in [1.82, 2.24) is 10.5 Å². The van der Waals surface area contributed by atoms with Crippen molar-refractivity contribution in [2.75, 3.05) is 20.2 Å². The van der Waals surface area contributed by atoms with Gasteiger partial charge in [-0.1, -0.05) is 23.4 Å². The summed E-state index contributed by atoms with van der Waals surface area (Å²) in [5.74, 6) is -0.445. The predicted molar refractivity (Wildman–Crippen MR) is 97.3 cm³/mol. The van der Waals surface area contributed by atoms with Crippen LogP contribution in [0.15, 0.2) is 34.9 Å². The van der Waals surface area contributed by atoms with E-state index >= 15 is 0 Å². The summed E-state index contributed by atoms with van der Waals surface area (Å²) in [7, 11) is 1.61. The lowest BCUT2D eigenvalue weighted by Gasteiger charge is -2.29. The summed E-state index contributed by atoms with van der Waals surface area (Å²) in [6.45, 7) is 2.27. The number of carbonyl (C=O) groups excluding carboxylic acids is 2. The van der Waals surface area contributed by atoms with Crippen LogP contribution in [0.5, 0.6) is 5.75 Å². The molecule has 1 aliphatic heterocycles. The highest BCUT2D eigenvalue weighted by Gasteiger charge is 2.30. The Morgan fingerprint density at radius 3 is 2.93 bits per heavy atom. The molecule has 8 heteroatoms. The highest BCUT2D eigenvalue weighted by atomic mass is 16.5. The number of quaternary nitrogens is 1. The van der Waals surface area contributed by atoms with E-state index in [1.54, 1.807) is 7.11 Å². The molecule has 0 radical (unpaired) electrons. The Bertz CT molecular complexity index is 820. The Morgan fingerprint density at radius 1 is 1.36 bits per heavy atom. The van der Waals surface area contributed by atoms with Crippen molar-refractivity contribution in [3.63, 3.8) is 0 Å². The Balaban J connectivity index is 1.56. The number of hydrogen-bond acceptors (Lipinski definition) is 6. The van der Waals surface area contributed by atoms with Gasteiger partial charge >= 0.3 is 0 Å². The van der Waals surface area contributed by atoms with E-state index in [1.807, 2.05) is 24.3 Å². The number of amides is 1. The first-order valence-electron chi connectivity index (χ1n) is 9.44. The summed E-state index contributed by atoms with van der Waals surface area (Å²) in [6.07, 6.45) is 1.94. The second-order valence-corrected chi connectivity index (χ2v) is 7.09. The first-order valence-corrected chi connectivity index (χ1v) is 9.44. The van der Waals surface area contributed by atoms with E-state index in [0.717, 1.165) is 30.8 Å². The van der Waals surface area contributed by atoms with Gasteiger partial charge in [0, 0.05) is 43.4 Å². The van der Waals surface area contributed by atoms with Gasteiger partial charge in [-0.25, -0.2) is 0 Å². The molecule has 1 aromatic heterocycles. The molecule has 0 spiro atoms. The van der Waals surface area contributed by atoms with E-state index in [0.29, 0.717) is 25.1 Å². The molecule has 2 heterocycles. The van der Waals surface area contributed by atoms with Crippen LogP contribution in [-0.2, 0) is 17.8 Å². The smallest absolute Gasteiger partial charge is 0.220 e. The zero-order valence-electron chi connectivity index (χ0n) is 15.8. The Morgan fingerprint density at radius 2 is 2.18 bits per heavy atom. The number of rotatable bonds is 8. The lowest BCUT2D eigenvalue weighted by atomic mass is 9.81. The number of carboxylic acid groups (broad SMARTS) is 1. The molecule has 150 valence electrons. The number of carbonyl (C=O) groups is 2. The van der Waals surface area contributed by atoms with Crippen molar-refractivity contribution < 1.29 is 29.3 Å². The van der Waals surface area contributed by atoms with Gasteiger partial charge < -0.3 is 29.8 Å². The van der Waals surface area contributed by atoms with Crippen LogP contribution >= 0.6 is 0 Å². The Kier molecular flexibility index (Phi) is 6.65. The molecule has 2 atom stereocenters. The third kappa shape index (κ3) is 5.10. The normalized spacial score (nSPS) is 19.2. The van der Waals surface area contributed by atoms with Crippen LogP contribution in [0.25, 0.3) is 0 Å². The molecule has 3 rings (SSSR count). The third-order valence-electron chi connectivity index (χ3n) is 5.23. The number of carboxylic acids is 1. The maximum Gasteiger partial charge on any atom is 0.220 e. The van der Waals surface area contributed by atoms with Gasteiger partial charge in [0.2, 0.25) is 5.91 Å². The van der Waals surface area contributed by atoms with Crippen molar-refractivity contribution in [2.24, 2.45) is 11.8 Å². The lowest BCUT2D eigenvalue weighted by Crippen LogP contribution is -2.88. The summed E-state index contributed by atoms with van der Waals surface area (Å²) in [5, 5.41) is 19.8. The Hall–Kier alpha value is -2.87. The molecule has 0 bridgehead atoms. The number of nitrogens with two attached hydrogens (primary N) is 1. The largest absolute Gasteiger partial charge is 0.541 e. The summed E-state index contributed by atoms with van der Waals surface area (Å²) in [5.41, 5.74) is 1.52. The van der Waals surface area contributed by atoms with Crippen LogP contribution in [-0.4, -0.2) is 37.2 Å². The maximum atomic E-state index is 12.5. The number of methoxy groups -OCH3 is 1. The molecule has 1 aliphatic rings. The number of benzene rings is 1. The number of ether oxygens (including phenoxy) is 1. The van der Waals surface area contributed by atoms with Gasteiger partial charge in [-0.2, -0.15) is 0 Å². The van der Waals surface area contributed by atoms with Crippen molar-refractivity contribution in [3.05, 3.63) is 47.3 Å². The molecule has 0 saturated carbocycles. The first kappa shape index (κ1) is 19.9. The molecule has 1 aromatic carbocycles. The predicted octanol–water partition coefficient (Wildman–Crippen LogP) is -0.505. The number of nitrogens with zero attached hydrogens (tertiary/aromatic N) is 1. The van der Waals surface area contributed by atoms with E-state index in [4.69, 9.17) is 9.26 Å². The van der Waals surface area contributed by atoms with Crippen molar-refractivity contribution in [1.29, 1.82) is 0 Å². The van der Waals surface area contributed by atoms with Gasteiger partial charge in [0.05, 0.1) is 25.9 Å². The molecular weight excluding hydrogens is 362 g/mol.